The first-order valence-electron chi connectivity index (χ1n) is 6.36. The molecule has 2 aliphatic rings. The van der Waals surface area contributed by atoms with Gasteiger partial charge in [0.15, 0.2) is 0 Å². The predicted molar refractivity (Wildman–Crippen MR) is 73.7 cm³/mol. The Kier molecular flexibility index (Phi) is 2.24. The van der Waals surface area contributed by atoms with Crippen LogP contribution in [0.1, 0.15) is 44.7 Å². The molecule has 0 amide bonds. The van der Waals surface area contributed by atoms with Crippen molar-refractivity contribution in [2.45, 2.75) is 51.6 Å². The lowest BCUT2D eigenvalue weighted by Gasteiger charge is -2.44. The molecule has 1 aromatic carbocycles. The van der Waals surface area contributed by atoms with Crippen LogP contribution in [0.25, 0.3) is 0 Å². The standard InChI is InChI=1S/C15H19BrO/c1-9-7-13-11(8-12(9)16)14(3)5-6-15(4,17-13)10(14)2/h7-8,10H,5-6H2,1-4H3/t10-,14+,15-/m0/s1. The summed E-state index contributed by atoms with van der Waals surface area (Å²) in [5, 5.41) is 0. The van der Waals surface area contributed by atoms with Crippen molar-refractivity contribution >= 4 is 15.9 Å². The third-order valence-electron chi connectivity index (χ3n) is 5.23. The van der Waals surface area contributed by atoms with Gasteiger partial charge in [-0.05, 0) is 44.4 Å². The van der Waals surface area contributed by atoms with E-state index in [1.165, 1.54) is 22.0 Å². The molecule has 0 spiro atoms. The molecule has 2 bridgehead atoms. The van der Waals surface area contributed by atoms with Gasteiger partial charge in [-0.3, -0.25) is 0 Å². The Morgan fingerprint density at radius 2 is 2.00 bits per heavy atom. The third-order valence-corrected chi connectivity index (χ3v) is 6.09. The largest absolute Gasteiger partial charge is 0.487 e. The minimum atomic E-state index is 0.0298. The fourth-order valence-corrected chi connectivity index (χ4v) is 3.90. The van der Waals surface area contributed by atoms with Crippen molar-refractivity contribution in [1.29, 1.82) is 0 Å². The van der Waals surface area contributed by atoms with E-state index in [1.54, 1.807) is 0 Å². The molecule has 1 nitrogen and oxygen atoms in total. The lowest BCUT2D eigenvalue weighted by atomic mass is 9.70. The van der Waals surface area contributed by atoms with Crippen LogP contribution in [0.15, 0.2) is 16.6 Å². The van der Waals surface area contributed by atoms with Crippen LogP contribution in [0.3, 0.4) is 0 Å². The predicted octanol–water partition coefficient (Wildman–Crippen LogP) is 4.60. The van der Waals surface area contributed by atoms with E-state index in [1.807, 2.05) is 0 Å². The minimum Gasteiger partial charge on any atom is -0.487 e. The highest BCUT2D eigenvalue weighted by atomic mass is 79.9. The van der Waals surface area contributed by atoms with E-state index in [9.17, 15) is 0 Å². The molecule has 17 heavy (non-hydrogen) atoms. The van der Waals surface area contributed by atoms with Crippen molar-refractivity contribution in [1.82, 2.24) is 0 Å². The number of hydrogen-bond donors (Lipinski definition) is 0. The summed E-state index contributed by atoms with van der Waals surface area (Å²) >= 11 is 3.65. The Balaban J connectivity index is 2.25. The van der Waals surface area contributed by atoms with Gasteiger partial charge in [0.25, 0.3) is 0 Å². The van der Waals surface area contributed by atoms with Crippen LogP contribution in [0.4, 0.5) is 0 Å². The van der Waals surface area contributed by atoms with E-state index in [4.69, 9.17) is 4.74 Å². The van der Waals surface area contributed by atoms with Crippen molar-refractivity contribution < 1.29 is 4.74 Å². The molecule has 3 rings (SSSR count). The number of fused-ring (bicyclic) bond motifs is 4. The molecule has 1 heterocycles. The van der Waals surface area contributed by atoms with E-state index >= 15 is 0 Å². The normalized spacial score (nSPS) is 38.8. The zero-order chi connectivity index (χ0) is 12.4. The first-order valence-corrected chi connectivity index (χ1v) is 7.16. The molecular weight excluding hydrogens is 276 g/mol. The SMILES string of the molecule is Cc1cc2c(cc1Br)[C@]1(C)CC[C@](C)(O2)[C@H]1C. The number of halogens is 1. The zero-order valence-corrected chi connectivity index (χ0v) is 12.5. The molecule has 0 N–H and O–H groups in total. The number of hydrogen-bond acceptors (Lipinski definition) is 1. The van der Waals surface area contributed by atoms with E-state index < -0.39 is 0 Å². The van der Waals surface area contributed by atoms with Gasteiger partial charge in [0, 0.05) is 21.4 Å². The van der Waals surface area contributed by atoms with Gasteiger partial charge in [-0.1, -0.05) is 29.8 Å². The Labute approximate surface area is 112 Å². The van der Waals surface area contributed by atoms with Gasteiger partial charge in [-0.15, -0.1) is 0 Å². The molecule has 3 atom stereocenters. The van der Waals surface area contributed by atoms with Gasteiger partial charge in [0.1, 0.15) is 11.4 Å². The third kappa shape index (κ3) is 1.36. The van der Waals surface area contributed by atoms with Crippen LogP contribution in [0, 0.1) is 12.8 Å². The summed E-state index contributed by atoms with van der Waals surface area (Å²) in [5.74, 6) is 1.68. The van der Waals surface area contributed by atoms with Crippen molar-refractivity contribution in [2.75, 3.05) is 0 Å². The Morgan fingerprint density at radius 1 is 1.29 bits per heavy atom. The molecular formula is C15H19BrO. The second kappa shape index (κ2) is 3.28. The highest BCUT2D eigenvalue weighted by Crippen LogP contribution is 2.58. The maximum absolute atomic E-state index is 6.30. The van der Waals surface area contributed by atoms with Gasteiger partial charge in [-0.2, -0.15) is 0 Å². The van der Waals surface area contributed by atoms with E-state index in [2.05, 4.69) is 55.8 Å². The second-order valence-corrected chi connectivity index (χ2v) is 7.01. The quantitative estimate of drug-likeness (QED) is 0.680. The van der Waals surface area contributed by atoms with Gasteiger partial charge in [-0.25, -0.2) is 0 Å². The molecule has 1 aliphatic heterocycles. The lowest BCUT2D eigenvalue weighted by Crippen LogP contribution is -2.45. The highest BCUT2D eigenvalue weighted by molar-refractivity contribution is 9.10. The van der Waals surface area contributed by atoms with Crippen molar-refractivity contribution in [3.8, 4) is 5.75 Å². The van der Waals surface area contributed by atoms with Crippen LogP contribution < -0.4 is 4.74 Å². The monoisotopic (exact) mass is 294 g/mol. The van der Waals surface area contributed by atoms with Crippen LogP contribution in [0.5, 0.6) is 5.75 Å². The van der Waals surface area contributed by atoms with Gasteiger partial charge in [0.2, 0.25) is 0 Å². The Hall–Kier alpha value is -0.500. The first-order chi connectivity index (χ1) is 7.87. The second-order valence-electron chi connectivity index (χ2n) is 6.15. The van der Waals surface area contributed by atoms with Crippen LogP contribution in [0.2, 0.25) is 0 Å². The molecule has 0 radical (unpaired) electrons. The molecule has 1 aromatic rings. The summed E-state index contributed by atoms with van der Waals surface area (Å²) in [4.78, 5) is 0. The fraction of sp³-hybridized carbons (Fsp3) is 0.600. The van der Waals surface area contributed by atoms with E-state index in [-0.39, 0.29) is 11.0 Å². The molecule has 1 fully saturated rings. The Morgan fingerprint density at radius 3 is 2.71 bits per heavy atom. The highest BCUT2D eigenvalue weighted by Gasteiger charge is 2.56. The number of ether oxygens (including phenoxy) is 1. The molecule has 1 aliphatic carbocycles. The molecule has 92 valence electrons. The van der Waals surface area contributed by atoms with E-state index in [0.29, 0.717) is 5.92 Å². The van der Waals surface area contributed by atoms with Gasteiger partial charge >= 0.3 is 0 Å². The summed E-state index contributed by atoms with van der Waals surface area (Å²) in [6.07, 6.45) is 2.39. The first kappa shape index (κ1) is 11.6. The topological polar surface area (TPSA) is 9.23 Å². The van der Waals surface area contributed by atoms with Crippen LogP contribution in [-0.4, -0.2) is 5.60 Å². The molecule has 2 heteroatoms. The summed E-state index contributed by atoms with van der Waals surface area (Å²) < 4.78 is 7.50. The number of rotatable bonds is 0. The Bertz CT molecular complexity index is 496. The average molecular weight is 295 g/mol. The van der Waals surface area contributed by atoms with E-state index in [0.717, 1.165) is 12.2 Å². The summed E-state index contributed by atoms with van der Waals surface area (Å²) in [6, 6.07) is 4.46. The molecule has 1 saturated carbocycles. The van der Waals surface area contributed by atoms with Gasteiger partial charge in [0.05, 0.1) is 0 Å². The van der Waals surface area contributed by atoms with Crippen LogP contribution >= 0.6 is 15.9 Å². The summed E-state index contributed by atoms with van der Waals surface area (Å²) in [6.45, 7) is 9.12. The smallest absolute Gasteiger partial charge is 0.124 e. The molecule has 0 saturated heterocycles. The molecule has 0 unspecified atom stereocenters. The average Bonchev–Trinajstić information content (AvgIpc) is 2.43. The molecule has 0 aromatic heterocycles. The van der Waals surface area contributed by atoms with Gasteiger partial charge < -0.3 is 4.74 Å². The number of benzene rings is 1. The van der Waals surface area contributed by atoms with Crippen molar-refractivity contribution in [2.24, 2.45) is 5.92 Å². The summed E-state index contributed by atoms with van der Waals surface area (Å²) in [5.41, 5.74) is 2.95. The zero-order valence-electron chi connectivity index (χ0n) is 10.9. The number of aryl methyl sites for hydroxylation is 1. The van der Waals surface area contributed by atoms with Crippen molar-refractivity contribution in [3.05, 3.63) is 27.7 Å². The maximum Gasteiger partial charge on any atom is 0.124 e. The van der Waals surface area contributed by atoms with Crippen LogP contribution in [-0.2, 0) is 5.41 Å². The fourth-order valence-electron chi connectivity index (χ4n) is 3.56. The maximum atomic E-state index is 6.30. The minimum absolute atomic E-state index is 0.0298. The van der Waals surface area contributed by atoms with Crippen molar-refractivity contribution in [3.63, 3.8) is 0 Å². The summed E-state index contributed by atoms with van der Waals surface area (Å²) in [7, 11) is 0. The lowest BCUT2D eigenvalue weighted by molar-refractivity contribution is 0.0216.